The highest BCUT2D eigenvalue weighted by Gasteiger charge is 2.33. The molecule has 9 nitrogen and oxygen atoms in total. The molecule has 158 valence electrons. The predicted octanol–water partition coefficient (Wildman–Crippen LogP) is 4.15. The lowest BCUT2D eigenvalue weighted by molar-refractivity contribution is -0.385. The molecule has 0 aliphatic rings. The standard InChI is InChI=1S/C18H16F3N5O4/c1-8(10-4-11(18(19,20)21)6-12(5-10)26(28)29)22-15-13-7-14(27)17(30-3)25-16(13)24-9(2)23-15/h4-8,27H,1-3H3,(H,22,23,24,25)/t8-/m1/s1. The fourth-order valence-corrected chi connectivity index (χ4v) is 2.84. The zero-order valence-electron chi connectivity index (χ0n) is 16.0. The van der Waals surface area contributed by atoms with Gasteiger partial charge in [0.05, 0.1) is 29.0 Å². The molecular weight excluding hydrogens is 407 g/mol. The number of fused-ring (bicyclic) bond motifs is 1. The highest BCUT2D eigenvalue weighted by atomic mass is 19.4. The number of alkyl halides is 3. The van der Waals surface area contributed by atoms with E-state index in [-0.39, 0.29) is 28.7 Å². The van der Waals surface area contributed by atoms with Crippen LogP contribution in [0.4, 0.5) is 24.7 Å². The van der Waals surface area contributed by atoms with E-state index >= 15 is 0 Å². The molecule has 0 aliphatic carbocycles. The van der Waals surface area contributed by atoms with Gasteiger partial charge in [0.15, 0.2) is 11.4 Å². The average molecular weight is 423 g/mol. The number of hydrogen-bond donors (Lipinski definition) is 2. The van der Waals surface area contributed by atoms with Crippen molar-refractivity contribution in [3.63, 3.8) is 0 Å². The second kappa shape index (κ2) is 7.61. The summed E-state index contributed by atoms with van der Waals surface area (Å²) in [4.78, 5) is 22.7. The number of aromatic nitrogens is 3. The first-order chi connectivity index (χ1) is 14.0. The summed E-state index contributed by atoms with van der Waals surface area (Å²) in [6, 6.07) is 2.88. The normalized spacial score (nSPS) is 12.6. The third kappa shape index (κ3) is 4.16. The van der Waals surface area contributed by atoms with Crippen molar-refractivity contribution in [1.29, 1.82) is 0 Å². The monoisotopic (exact) mass is 423 g/mol. The molecule has 12 heteroatoms. The van der Waals surface area contributed by atoms with Crippen LogP contribution in [0.25, 0.3) is 11.0 Å². The number of nitrogens with one attached hydrogen (secondary N) is 1. The third-order valence-corrected chi connectivity index (χ3v) is 4.27. The van der Waals surface area contributed by atoms with Crippen LogP contribution in [-0.2, 0) is 6.18 Å². The van der Waals surface area contributed by atoms with Crippen LogP contribution >= 0.6 is 0 Å². The number of nitro benzene ring substituents is 1. The first-order valence-corrected chi connectivity index (χ1v) is 8.55. The quantitative estimate of drug-likeness (QED) is 0.463. The van der Waals surface area contributed by atoms with Crippen LogP contribution < -0.4 is 10.1 Å². The van der Waals surface area contributed by atoms with E-state index in [4.69, 9.17) is 4.74 Å². The number of anilines is 1. The second-order valence-corrected chi connectivity index (χ2v) is 6.44. The lowest BCUT2D eigenvalue weighted by Crippen LogP contribution is -2.13. The lowest BCUT2D eigenvalue weighted by atomic mass is 10.0. The van der Waals surface area contributed by atoms with Gasteiger partial charge in [-0.2, -0.15) is 18.2 Å². The van der Waals surface area contributed by atoms with E-state index < -0.39 is 28.4 Å². The van der Waals surface area contributed by atoms with Gasteiger partial charge >= 0.3 is 6.18 Å². The summed E-state index contributed by atoms with van der Waals surface area (Å²) in [6.45, 7) is 3.12. The van der Waals surface area contributed by atoms with Gasteiger partial charge in [0.25, 0.3) is 11.6 Å². The molecule has 0 radical (unpaired) electrons. The van der Waals surface area contributed by atoms with Crippen molar-refractivity contribution in [3.05, 3.63) is 51.3 Å². The molecule has 2 aromatic heterocycles. The van der Waals surface area contributed by atoms with Crippen molar-refractivity contribution in [3.8, 4) is 11.6 Å². The molecule has 2 heterocycles. The maximum Gasteiger partial charge on any atom is 0.416 e. The van der Waals surface area contributed by atoms with E-state index in [1.54, 1.807) is 6.92 Å². The van der Waals surface area contributed by atoms with Crippen molar-refractivity contribution >= 4 is 22.5 Å². The Morgan fingerprint density at radius 2 is 1.90 bits per heavy atom. The van der Waals surface area contributed by atoms with Crippen LogP contribution in [-0.4, -0.2) is 32.1 Å². The molecule has 0 amide bonds. The summed E-state index contributed by atoms with van der Waals surface area (Å²) in [7, 11) is 1.32. The van der Waals surface area contributed by atoms with Crippen molar-refractivity contribution in [2.45, 2.75) is 26.1 Å². The molecule has 1 aromatic carbocycles. The molecule has 0 fully saturated rings. The Hall–Kier alpha value is -3.70. The number of rotatable bonds is 5. The number of benzene rings is 1. The highest BCUT2D eigenvalue weighted by molar-refractivity contribution is 5.88. The molecule has 0 unspecified atom stereocenters. The van der Waals surface area contributed by atoms with E-state index in [1.165, 1.54) is 20.1 Å². The minimum Gasteiger partial charge on any atom is -0.503 e. The zero-order chi connectivity index (χ0) is 22.2. The Morgan fingerprint density at radius 3 is 2.50 bits per heavy atom. The fourth-order valence-electron chi connectivity index (χ4n) is 2.84. The van der Waals surface area contributed by atoms with Gasteiger partial charge in [-0.05, 0) is 25.5 Å². The number of hydrogen-bond acceptors (Lipinski definition) is 8. The maximum atomic E-state index is 13.2. The molecular formula is C18H16F3N5O4. The molecule has 0 saturated heterocycles. The Bertz CT molecular complexity index is 1140. The van der Waals surface area contributed by atoms with Crippen LogP contribution in [0.2, 0.25) is 0 Å². The second-order valence-electron chi connectivity index (χ2n) is 6.44. The predicted molar refractivity (Wildman–Crippen MR) is 100 cm³/mol. The minimum absolute atomic E-state index is 0.0339. The first kappa shape index (κ1) is 21.0. The van der Waals surface area contributed by atoms with Crippen molar-refractivity contribution < 1.29 is 27.9 Å². The van der Waals surface area contributed by atoms with Crippen LogP contribution in [0, 0.1) is 17.0 Å². The third-order valence-electron chi connectivity index (χ3n) is 4.27. The molecule has 1 atom stereocenters. The molecule has 0 bridgehead atoms. The fraction of sp³-hybridized carbons (Fsp3) is 0.278. The Kier molecular flexibility index (Phi) is 5.33. The molecule has 3 rings (SSSR count). The zero-order valence-corrected chi connectivity index (χ0v) is 16.0. The Balaban J connectivity index is 2.07. The summed E-state index contributed by atoms with van der Waals surface area (Å²) in [5.41, 5.74) is -1.58. The minimum atomic E-state index is -4.75. The topological polar surface area (TPSA) is 123 Å². The smallest absolute Gasteiger partial charge is 0.416 e. The van der Waals surface area contributed by atoms with Gasteiger partial charge in [0, 0.05) is 18.2 Å². The number of methoxy groups -OCH3 is 1. The number of halogens is 3. The van der Waals surface area contributed by atoms with Crippen LogP contribution in [0.5, 0.6) is 11.6 Å². The highest BCUT2D eigenvalue weighted by Crippen LogP contribution is 2.36. The van der Waals surface area contributed by atoms with Crippen LogP contribution in [0.1, 0.15) is 29.9 Å². The maximum absolute atomic E-state index is 13.2. The van der Waals surface area contributed by atoms with Gasteiger partial charge in [-0.25, -0.2) is 9.97 Å². The number of ether oxygens (including phenoxy) is 1. The SMILES string of the molecule is COc1nc2nc(C)nc(N[C@H](C)c3cc([N+](=O)[O-])cc(C(F)(F)F)c3)c2cc1O. The average Bonchev–Trinajstić information content (AvgIpc) is 2.66. The van der Waals surface area contributed by atoms with E-state index in [0.29, 0.717) is 17.3 Å². The van der Waals surface area contributed by atoms with Crippen molar-refractivity contribution in [2.75, 3.05) is 12.4 Å². The summed E-state index contributed by atoms with van der Waals surface area (Å²) >= 11 is 0. The summed E-state index contributed by atoms with van der Waals surface area (Å²) in [5.74, 6) is 0.180. The number of nitro groups is 1. The van der Waals surface area contributed by atoms with Crippen molar-refractivity contribution in [2.24, 2.45) is 0 Å². The number of aryl methyl sites for hydroxylation is 1. The summed E-state index contributed by atoms with van der Waals surface area (Å²) in [6.07, 6.45) is -4.75. The summed E-state index contributed by atoms with van der Waals surface area (Å²) < 4.78 is 44.5. The van der Waals surface area contributed by atoms with Gasteiger partial charge in [0.2, 0.25) is 0 Å². The van der Waals surface area contributed by atoms with Crippen molar-refractivity contribution in [1.82, 2.24) is 15.0 Å². The van der Waals surface area contributed by atoms with E-state index in [0.717, 1.165) is 12.1 Å². The molecule has 0 aliphatic heterocycles. The molecule has 2 N–H and O–H groups in total. The van der Waals surface area contributed by atoms with Gasteiger partial charge in [-0.1, -0.05) is 0 Å². The van der Waals surface area contributed by atoms with Crippen LogP contribution in [0.3, 0.4) is 0 Å². The Morgan fingerprint density at radius 1 is 1.20 bits per heavy atom. The molecule has 0 spiro atoms. The Labute approximate surface area is 167 Å². The number of aromatic hydroxyl groups is 1. The van der Waals surface area contributed by atoms with Gasteiger partial charge in [0.1, 0.15) is 11.6 Å². The van der Waals surface area contributed by atoms with E-state index in [2.05, 4.69) is 20.3 Å². The van der Waals surface area contributed by atoms with E-state index in [9.17, 15) is 28.4 Å². The number of non-ortho nitro benzene ring substituents is 1. The lowest BCUT2D eigenvalue weighted by Gasteiger charge is -2.18. The molecule has 0 saturated carbocycles. The summed E-state index contributed by atoms with van der Waals surface area (Å²) in [5, 5.41) is 24.3. The van der Waals surface area contributed by atoms with Crippen LogP contribution in [0.15, 0.2) is 24.3 Å². The molecule has 30 heavy (non-hydrogen) atoms. The van der Waals surface area contributed by atoms with Gasteiger partial charge in [-0.15, -0.1) is 0 Å². The van der Waals surface area contributed by atoms with Gasteiger partial charge < -0.3 is 15.2 Å². The van der Waals surface area contributed by atoms with Gasteiger partial charge in [-0.3, -0.25) is 10.1 Å². The molecule has 3 aromatic rings. The van der Waals surface area contributed by atoms with E-state index in [1.807, 2.05) is 0 Å². The largest absolute Gasteiger partial charge is 0.503 e. The number of pyridine rings is 1. The number of nitrogens with zero attached hydrogens (tertiary/aromatic N) is 4. The first-order valence-electron chi connectivity index (χ1n) is 8.55.